The van der Waals surface area contributed by atoms with Crippen molar-refractivity contribution in [1.29, 1.82) is 0 Å². The van der Waals surface area contributed by atoms with Gasteiger partial charge >= 0.3 is 0 Å². The summed E-state index contributed by atoms with van der Waals surface area (Å²) < 4.78 is 0. The Morgan fingerprint density at radius 1 is 1.19 bits per heavy atom. The second-order valence-corrected chi connectivity index (χ2v) is 7.45. The fourth-order valence-electron chi connectivity index (χ4n) is 2.43. The number of hydrogen-bond donors (Lipinski definition) is 0. The highest BCUT2D eigenvalue weighted by Crippen LogP contribution is 2.26. The molecule has 0 aliphatic rings. The Labute approximate surface area is 160 Å². The summed E-state index contributed by atoms with van der Waals surface area (Å²) in [6, 6.07) is 4.30. The number of nitrogens with zero attached hydrogens (tertiary/aromatic N) is 4. The maximum absolute atomic E-state index is 12.2. The molecule has 0 bridgehead atoms. The van der Waals surface area contributed by atoms with Crippen LogP contribution in [0.15, 0.2) is 22.5 Å². The van der Waals surface area contributed by atoms with Crippen molar-refractivity contribution in [2.24, 2.45) is 4.99 Å². The maximum Gasteiger partial charge on any atom is 0.273 e. The lowest BCUT2D eigenvalue weighted by molar-refractivity contribution is 0.0797. The van der Waals surface area contributed by atoms with Gasteiger partial charge in [-0.25, -0.2) is 9.98 Å². The standard InChI is InChI=1S/C20H28N4OS/c1-7-23(5)13-21-17-10-14(3)16(9-15(17)4)11-19-22-18(12-26-19)20(25)24(6)8-2/h9-10,12-13H,7-8,11H2,1-6H3. The van der Waals surface area contributed by atoms with Crippen LogP contribution in [0.1, 0.15) is 46.0 Å². The van der Waals surface area contributed by atoms with Gasteiger partial charge in [0.15, 0.2) is 0 Å². The number of hydrogen-bond acceptors (Lipinski definition) is 4. The molecule has 0 unspecified atom stereocenters. The van der Waals surface area contributed by atoms with E-state index >= 15 is 0 Å². The van der Waals surface area contributed by atoms with Crippen LogP contribution in [0.5, 0.6) is 0 Å². The van der Waals surface area contributed by atoms with Crippen molar-refractivity contribution >= 4 is 29.3 Å². The minimum Gasteiger partial charge on any atom is -0.366 e. The van der Waals surface area contributed by atoms with Crippen LogP contribution in [0, 0.1) is 13.8 Å². The summed E-state index contributed by atoms with van der Waals surface area (Å²) in [6.07, 6.45) is 2.60. The quantitative estimate of drug-likeness (QED) is 0.544. The molecule has 1 heterocycles. The zero-order chi connectivity index (χ0) is 19.3. The zero-order valence-corrected chi connectivity index (χ0v) is 17.4. The van der Waals surface area contributed by atoms with E-state index in [2.05, 4.69) is 42.9 Å². The van der Waals surface area contributed by atoms with E-state index in [0.717, 1.165) is 29.2 Å². The van der Waals surface area contributed by atoms with E-state index in [1.165, 1.54) is 11.1 Å². The van der Waals surface area contributed by atoms with Crippen LogP contribution < -0.4 is 0 Å². The third kappa shape index (κ3) is 4.91. The molecular formula is C20H28N4OS. The van der Waals surface area contributed by atoms with Gasteiger partial charge in [-0.15, -0.1) is 11.3 Å². The average Bonchev–Trinajstić information content (AvgIpc) is 3.10. The third-order valence-corrected chi connectivity index (χ3v) is 5.33. The lowest BCUT2D eigenvalue weighted by Crippen LogP contribution is -2.26. The van der Waals surface area contributed by atoms with Crippen LogP contribution in [0.25, 0.3) is 0 Å². The van der Waals surface area contributed by atoms with Crippen LogP contribution in [-0.2, 0) is 6.42 Å². The SMILES string of the molecule is CCN(C)C=Nc1cc(C)c(Cc2nc(C(=O)N(C)CC)cs2)cc1C. The Hall–Kier alpha value is -2.21. The van der Waals surface area contributed by atoms with E-state index in [4.69, 9.17) is 0 Å². The van der Waals surface area contributed by atoms with Crippen LogP contribution in [0.3, 0.4) is 0 Å². The number of thiazole rings is 1. The summed E-state index contributed by atoms with van der Waals surface area (Å²) in [5.41, 5.74) is 5.08. The molecule has 0 saturated heterocycles. The van der Waals surface area contributed by atoms with Crippen LogP contribution in [-0.4, -0.2) is 54.2 Å². The fraction of sp³-hybridized carbons (Fsp3) is 0.450. The number of benzene rings is 1. The highest BCUT2D eigenvalue weighted by molar-refractivity contribution is 7.09. The molecule has 2 rings (SSSR count). The van der Waals surface area contributed by atoms with Gasteiger partial charge in [0.2, 0.25) is 0 Å². The topological polar surface area (TPSA) is 48.8 Å². The van der Waals surface area contributed by atoms with E-state index in [-0.39, 0.29) is 5.91 Å². The molecule has 6 heteroatoms. The molecule has 1 amide bonds. The van der Waals surface area contributed by atoms with E-state index in [1.807, 2.05) is 30.6 Å². The highest BCUT2D eigenvalue weighted by Gasteiger charge is 2.15. The van der Waals surface area contributed by atoms with Crippen molar-refractivity contribution in [3.8, 4) is 0 Å². The van der Waals surface area contributed by atoms with Gasteiger partial charge in [0.25, 0.3) is 5.91 Å². The first-order valence-corrected chi connectivity index (χ1v) is 9.78. The van der Waals surface area contributed by atoms with Crippen molar-refractivity contribution in [2.45, 2.75) is 34.1 Å². The Bertz CT molecular complexity index is 797. The fourth-order valence-corrected chi connectivity index (χ4v) is 3.22. The normalized spacial score (nSPS) is 11.2. The first-order valence-electron chi connectivity index (χ1n) is 8.90. The smallest absolute Gasteiger partial charge is 0.273 e. The minimum absolute atomic E-state index is 0.0207. The van der Waals surface area contributed by atoms with Gasteiger partial charge in [0.05, 0.1) is 17.0 Å². The van der Waals surface area contributed by atoms with Gasteiger partial charge in [-0.3, -0.25) is 4.79 Å². The summed E-state index contributed by atoms with van der Waals surface area (Å²) >= 11 is 1.54. The average molecular weight is 373 g/mol. The Morgan fingerprint density at radius 2 is 1.92 bits per heavy atom. The Balaban J connectivity index is 2.18. The van der Waals surface area contributed by atoms with Gasteiger partial charge in [-0.05, 0) is 50.5 Å². The molecule has 0 spiro atoms. The lowest BCUT2D eigenvalue weighted by Gasteiger charge is -2.12. The number of amides is 1. The molecule has 140 valence electrons. The molecule has 2 aromatic rings. The van der Waals surface area contributed by atoms with Crippen molar-refractivity contribution in [3.05, 3.63) is 44.9 Å². The molecule has 0 aliphatic carbocycles. The Kier molecular flexibility index (Phi) is 6.91. The van der Waals surface area contributed by atoms with Crippen molar-refractivity contribution in [1.82, 2.24) is 14.8 Å². The number of rotatable bonds is 7. The first kappa shape index (κ1) is 20.1. The van der Waals surface area contributed by atoms with E-state index < -0.39 is 0 Å². The molecule has 1 aromatic heterocycles. The van der Waals surface area contributed by atoms with Crippen molar-refractivity contribution in [2.75, 3.05) is 27.2 Å². The molecular weight excluding hydrogens is 344 g/mol. The van der Waals surface area contributed by atoms with Crippen LogP contribution in [0.2, 0.25) is 0 Å². The predicted molar refractivity (Wildman–Crippen MR) is 110 cm³/mol. The summed E-state index contributed by atoms with van der Waals surface area (Å²) in [5, 5.41) is 2.81. The zero-order valence-electron chi connectivity index (χ0n) is 16.5. The van der Waals surface area contributed by atoms with E-state index in [1.54, 1.807) is 23.3 Å². The molecule has 0 aliphatic heterocycles. The third-order valence-electron chi connectivity index (χ3n) is 4.48. The monoisotopic (exact) mass is 372 g/mol. The number of aliphatic imine (C=N–C) groups is 1. The molecule has 0 N–H and O–H groups in total. The van der Waals surface area contributed by atoms with E-state index in [9.17, 15) is 4.79 Å². The van der Waals surface area contributed by atoms with Gasteiger partial charge < -0.3 is 9.80 Å². The second kappa shape index (κ2) is 8.94. The number of carbonyl (C=O) groups excluding carboxylic acids is 1. The van der Waals surface area contributed by atoms with Gasteiger partial charge in [0, 0.05) is 39.0 Å². The molecule has 1 aromatic carbocycles. The van der Waals surface area contributed by atoms with Crippen molar-refractivity contribution < 1.29 is 4.79 Å². The summed E-state index contributed by atoms with van der Waals surface area (Å²) in [6.45, 7) is 9.84. The van der Waals surface area contributed by atoms with Gasteiger partial charge in [0.1, 0.15) is 5.69 Å². The van der Waals surface area contributed by atoms with E-state index in [0.29, 0.717) is 12.2 Å². The molecule has 0 fully saturated rings. The molecule has 5 nitrogen and oxygen atoms in total. The second-order valence-electron chi connectivity index (χ2n) is 6.51. The molecule has 0 atom stereocenters. The number of carbonyl (C=O) groups is 1. The Morgan fingerprint density at radius 3 is 2.58 bits per heavy atom. The summed E-state index contributed by atoms with van der Waals surface area (Å²) in [5.74, 6) is -0.0207. The van der Waals surface area contributed by atoms with Gasteiger partial charge in [-0.1, -0.05) is 6.07 Å². The lowest BCUT2D eigenvalue weighted by atomic mass is 10.0. The molecule has 0 saturated carbocycles. The number of aryl methyl sites for hydroxylation is 2. The van der Waals surface area contributed by atoms with Crippen LogP contribution in [0.4, 0.5) is 5.69 Å². The largest absolute Gasteiger partial charge is 0.366 e. The van der Waals surface area contributed by atoms with Crippen LogP contribution >= 0.6 is 11.3 Å². The summed E-state index contributed by atoms with van der Waals surface area (Å²) in [4.78, 5) is 25.0. The highest BCUT2D eigenvalue weighted by atomic mass is 32.1. The van der Waals surface area contributed by atoms with Gasteiger partial charge in [-0.2, -0.15) is 0 Å². The maximum atomic E-state index is 12.2. The molecule has 0 radical (unpaired) electrons. The first-order chi connectivity index (χ1) is 12.3. The minimum atomic E-state index is -0.0207. The molecule has 26 heavy (non-hydrogen) atoms. The predicted octanol–water partition coefficient (Wildman–Crippen LogP) is 4.05. The number of aromatic nitrogens is 1. The summed E-state index contributed by atoms with van der Waals surface area (Å²) in [7, 11) is 3.81. The van der Waals surface area contributed by atoms with Crippen molar-refractivity contribution in [3.63, 3.8) is 0 Å².